The molecule has 1 atom stereocenters. The fourth-order valence-corrected chi connectivity index (χ4v) is 3.69. The Morgan fingerprint density at radius 2 is 2.18 bits per heavy atom. The van der Waals surface area contributed by atoms with Gasteiger partial charge in [-0.15, -0.1) is 5.10 Å². The maximum atomic E-state index is 8.68. The summed E-state index contributed by atoms with van der Waals surface area (Å²) in [5, 5.41) is 8.27. The van der Waals surface area contributed by atoms with E-state index in [2.05, 4.69) is 15.3 Å². The van der Waals surface area contributed by atoms with Crippen LogP contribution in [0.4, 0.5) is 0 Å². The molecule has 2 heterocycles. The van der Waals surface area contributed by atoms with E-state index >= 15 is 0 Å². The van der Waals surface area contributed by atoms with Gasteiger partial charge in [0.1, 0.15) is 11.0 Å². The zero-order chi connectivity index (χ0) is 12.8. The van der Waals surface area contributed by atoms with E-state index in [1.165, 1.54) is 0 Å². The van der Waals surface area contributed by atoms with Gasteiger partial charge >= 0.3 is 0 Å². The summed E-state index contributed by atoms with van der Waals surface area (Å²) in [6.45, 7) is 1.90. The molecule has 0 bridgehead atoms. The van der Waals surface area contributed by atoms with Crippen LogP contribution in [-0.4, -0.2) is 34.3 Å². The van der Waals surface area contributed by atoms with Crippen LogP contribution in [0.15, 0.2) is 36.7 Å². The zero-order valence-corrected chi connectivity index (χ0v) is 10.7. The molecule has 3 aromatic rings. The van der Waals surface area contributed by atoms with E-state index in [0.717, 1.165) is 16.5 Å². The Morgan fingerprint density at radius 3 is 2.94 bits per heavy atom. The summed E-state index contributed by atoms with van der Waals surface area (Å²) in [5.74, 6) is 0. The standard InChI is InChI=1S/C11H13N5Si/c1-15-8-7-12-11(15)17(2)16-10-6-4-3-5-9(10)13-14-16/h3-8,17H,1-2H3/i17D. The average Bonchev–Trinajstić information content (AvgIpc) is 2.95. The van der Waals surface area contributed by atoms with Gasteiger partial charge in [-0.25, -0.2) is 4.98 Å². The first kappa shape index (κ1) is 9.12. The van der Waals surface area contributed by atoms with Crippen molar-refractivity contribution < 1.29 is 0 Å². The Labute approximate surface area is 102 Å². The lowest BCUT2D eigenvalue weighted by Gasteiger charge is -2.10. The Hall–Kier alpha value is -1.95. The van der Waals surface area contributed by atoms with Crippen molar-refractivity contribution in [3.05, 3.63) is 36.7 Å². The molecule has 0 aliphatic rings. The van der Waals surface area contributed by atoms with Gasteiger partial charge in [0.25, 0.3) is 0 Å². The number of aryl methyl sites for hydroxylation is 1. The van der Waals surface area contributed by atoms with Crippen LogP contribution in [0.2, 0.25) is 6.55 Å². The van der Waals surface area contributed by atoms with E-state index in [1.807, 2.05) is 48.6 Å². The largest absolute Gasteiger partial charge is 0.340 e. The summed E-state index contributed by atoms with van der Waals surface area (Å²) in [7, 11) is -0.811. The second kappa shape index (κ2) is 3.81. The molecule has 0 saturated carbocycles. The molecule has 0 aliphatic heterocycles. The van der Waals surface area contributed by atoms with Gasteiger partial charge in [-0.05, 0) is 18.7 Å². The smallest absolute Gasteiger partial charge is 0.242 e. The SMILES string of the molecule is [2H][Si](C)(c1nccn1C)n1nnc2ccccc21. The second-order valence-corrected chi connectivity index (χ2v) is 5.98. The molecule has 2 aromatic heterocycles. The molecular formula is C11H13N5Si. The number of hydrogen-bond acceptors (Lipinski definition) is 3. The summed E-state index contributed by atoms with van der Waals surface area (Å²) in [4.78, 5) is 4.30. The third-order valence-electron chi connectivity index (χ3n) is 2.81. The predicted octanol–water partition coefficient (Wildman–Crippen LogP) is 0.274. The molecule has 0 spiro atoms. The Kier molecular flexibility index (Phi) is 2.04. The highest BCUT2D eigenvalue weighted by Gasteiger charge is 2.18. The van der Waals surface area contributed by atoms with Gasteiger partial charge in [0.2, 0.25) is 8.89 Å². The first-order chi connectivity index (χ1) is 8.60. The maximum absolute atomic E-state index is 8.68. The minimum atomic E-state index is -2.72. The average molecular weight is 244 g/mol. The lowest BCUT2D eigenvalue weighted by Crippen LogP contribution is -2.41. The van der Waals surface area contributed by atoms with Crippen LogP contribution in [0.1, 0.15) is 0 Å². The van der Waals surface area contributed by atoms with Crippen molar-refractivity contribution in [1.82, 2.24) is 24.2 Å². The van der Waals surface area contributed by atoms with E-state index in [9.17, 15) is 0 Å². The summed E-state index contributed by atoms with van der Waals surface area (Å²) in [6, 6.07) is 7.70. The number of benzene rings is 1. The van der Waals surface area contributed by atoms with Crippen LogP contribution in [0.3, 0.4) is 0 Å². The predicted molar refractivity (Wildman–Crippen MR) is 68.8 cm³/mol. The number of para-hydroxylation sites is 1. The first-order valence-corrected chi connectivity index (χ1v) is 7.34. The van der Waals surface area contributed by atoms with Crippen LogP contribution in [0.25, 0.3) is 11.0 Å². The van der Waals surface area contributed by atoms with Crippen molar-refractivity contribution in [1.29, 1.82) is 1.23 Å². The van der Waals surface area contributed by atoms with Gasteiger partial charge in [0.15, 0.2) is 0 Å². The molecule has 86 valence electrons. The number of hydrogen-bond donors (Lipinski definition) is 0. The van der Waals surface area contributed by atoms with Crippen LogP contribution < -0.4 is 5.45 Å². The second-order valence-electron chi connectivity index (χ2n) is 3.94. The van der Waals surface area contributed by atoms with Crippen molar-refractivity contribution >= 4 is 25.4 Å². The Balaban J connectivity index is 2.22. The summed E-state index contributed by atoms with van der Waals surface area (Å²) in [5.41, 5.74) is 2.47. The van der Waals surface area contributed by atoms with E-state index < -0.39 is 8.89 Å². The van der Waals surface area contributed by atoms with Gasteiger partial charge in [0.05, 0.1) is 5.52 Å². The molecule has 17 heavy (non-hydrogen) atoms. The molecule has 6 heteroatoms. The third kappa shape index (κ3) is 1.57. The lowest BCUT2D eigenvalue weighted by molar-refractivity contribution is 0.868. The normalized spacial score (nSPS) is 15.8. The van der Waals surface area contributed by atoms with Crippen LogP contribution in [0, 0.1) is 0 Å². The van der Waals surface area contributed by atoms with Crippen molar-refractivity contribution in [2.45, 2.75) is 6.55 Å². The summed E-state index contributed by atoms with van der Waals surface area (Å²) in [6.07, 6.45) is 3.57. The lowest BCUT2D eigenvalue weighted by atomic mass is 10.3. The van der Waals surface area contributed by atoms with Gasteiger partial charge < -0.3 is 4.57 Å². The first-order valence-electron chi connectivity index (χ1n) is 5.89. The summed E-state index contributed by atoms with van der Waals surface area (Å²) >= 11 is 0. The van der Waals surface area contributed by atoms with E-state index in [0.29, 0.717) is 0 Å². The van der Waals surface area contributed by atoms with Crippen LogP contribution in [0.5, 0.6) is 0 Å². The van der Waals surface area contributed by atoms with E-state index in [1.54, 1.807) is 10.5 Å². The monoisotopic (exact) mass is 244 g/mol. The molecule has 0 aliphatic carbocycles. The molecule has 0 N–H and O–H groups in total. The topological polar surface area (TPSA) is 48.5 Å². The van der Waals surface area contributed by atoms with Crippen molar-refractivity contribution in [2.75, 3.05) is 0 Å². The van der Waals surface area contributed by atoms with E-state index in [-0.39, 0.29) is 0 Å². The van der Waals surface area contributed by atoms with Crippen LogP contribution >= 0.6 is 0 Å². The Bertz CT molecular complexity index is 702. The van der Waals surface area contributed by atoms with Crippen molar-refractivity contribution in [3.8, 4) is 0 Å². The number of rotatable bonds is 2. The molecule has 3 rings (SSSR count). The minimum absolute atomic E-state index is 0.762. The van der Waals surface area contributed by atoms with E-state index in [4.69, 9.17) is 1.23 Å². The van der Waals surface area contributed by atoms with Gasteiger partial charge in [-0.3, -0.25) is 4.35 Å². The highest BCUT2D eigenvalue weighted by molar-refractivity contribution is 6.69. The molecule has 1 aromatic carbocycles. The number of fused-ring (bicyclic) bond motifs is 1. The third-order valence-corrected chi connectivity index (χ3v) is 4.91. The molecular weight excluding hydrogens is 230 g/mol. The zero-order valence-electron chi connectivity index (χ0n) is 10.7. The highest BCUT2D eigenvalue weighted by Crippen LogP contribution is 2.09. The van der Waals surface area contributed by atoms with Crippen molar-refractivity contribution in [2.24, 2.45) is 7.05 Å². The van der Waals surface area contributed by atoms with Crippen LogP contribution in [-0.2, 0) is 7.05 Å². The minimum Gasteiger partial charge on any atom is -0.340 e. The highest BCUT2D eigenvalue weighted by atomic mass is 28.3. The van der Waals surface area contributed by atoms with Crippen molar-refractivity contribution in [3.63, 3.8) is 0 Å². The molecule has 0 fully saturated rings. The van der Waals surface area contributed by atoms with Gasteiger partial charge in [-0.2, -0.15) is 0 Å². The summed E-state index contributed by atoms with van der Waals surface area (Å²) < 4.78 is 12.3. The number of imidazole rings is 1. The molecule has 0 saturated heterocycles. The molecule has 0 radical (unpaired) electrons. The fraction of sp³-hybridized carbons (Fsp3) is 0.182. The Morgan fingerprint density at radius 1 is 1.35 bits per heavy atom. The maximum Gasteiger partial charge on any atom is 0.242 e. The molecule has 0 amide bonds. The van der Waals surface area contributed by atoms with Gasteiger partial charge in [-0.1, -0.05) is 17.3 Å². The molecule has 1 unspecified atom stereocenters. The number of nitrogens with zero attached hydrogens (tertiary/aromatic N) is 5. The fourth-order valence-electron chi connectivity index (χ4n) is 1.93. The quantitative estimate of drug-likeness (QED) is 0.608. The number of aromatic nitrogens is 5. The van der Waals surface area contributed by atoms with Gasteiger partial charge in [0, 0.05) is 20.7 Å². The molecule has 5 nitrogen and oxygen atoms in total.